The van der Waals surface area contributed by atoms with Crippen LogP contribution in [-0.2, 0) is 14.0 Å². The van der Waals surface area contributed by atoms with Gasteiger partial charge in [0.25, 0.3) is 0 Å². The Labute approximate surface area is 218 Å². The minimum Gasteiger partial charge on any atom is -0.449 e. The zero-order valence-electron chi connectivity index (χ0n) is 22.3. The summed E-state index contributed by atoms with van der Waals surface area (Å²) in [5, 5.41) is 6.94. The first-order valence-electron chi connectivity index (χ1n) is 12.7. The molecule has 192 valence electrons. The number of amides is 1. The van der Waals surface area contributed by atoms with E-state index in [0.717, 1.165) is 16.7 Å². The van der Waals surface area contributed by atoms with Gasteiger partial charge >= 0.3 is 13.2 Å². The number of rotatable bonds is 6. The second-order valence-corrected chi connectivity index (χ2v) is 10.7. The van der Waals surface area contributed by atoms with Crippen molar-refractivity contribution in [2.75, 3.05) is 13.2 Å². The van der Waals surface area contributed by atoms with E-state index in [0.29, 0.717) is 5.76 Å². The number of hydrogen-bond donors (Lipinski definition) is 1. The normalized spacial score (nSPS) is 18.0. The monoisotopic (exact) mass is 500 g/mol. The third-order valence-electron chi connectivity index (χ3n) is 7.75. The molecule has 0 radical (unpaired) electrons. The highest BCUT2D eigenvalue weighted by Crippen LogP contribution is 2.44. The van der Waals surface area contributed by atoms with Gasteiger partial charge in [0.15, 0.2) is 0 Å². The van der Waals surface area contributed by atoms with Gasteiger partial charge in [-0.25, -0.2) is 4.79 Å². The second kappa shape index (κ2) is 9.51. The first-order valence-corrected chi connectivity index (χ1v) is 12.7. The predicted molar refractivity (Wildman–Crippen MR) is 143 cm³/mol. The third kappa shape index (κ3) is 4.71. The summed E-state index contributed by atoms with van der Waals surface area (Å²) in [5.74, 6) is 0.686. The molecule has 0 spiro atoms. The summed E-state index contributed by atoms with van der Waals surface area (Å²) in [5.41, 5.74) is 6.06. The van der Waals surface area contributed by atoms with Crippen molar-refractivity contribution in [3.05, 3.63) is 82.1 Å². The van der Waals surface area contributed by atoms with Crippen molar-refractivity contribution in [3.63, 3.8) is 0 Å². The van der Waals surface area contributed by atoms with Crippen LogP contribution in [0.5, 0.6) is 0 Å². The van der Waals surface area contributed by atoms with Gasteiger partial charge in [-0.3, -0.25) is 0 Å². The zero-order valence-corrected chi connectivity index (χ0v) is 22.3. The Kier molecular flexibility index (Phi) is 6.50. The number of alkyl carbamates (subject to hydrolysis) is 1. The molecule has 2 heterocycles. The van der Waals surface area contributed by atoms with Crippen molar-refractivity contribution in [1.29, 1.82) is 0 Å². The fourth-order valence-corrected chi connectivity index (χ4v) is 4.90. The molecule has 5 rings (SSSR count). The van der Waals surface area contributed by atoms with E-state index in [2.05, 4.69) is 34.7 Å². The minimum atomic E-state index is -0.632. The van der Waals surface area contributed by atoms with Crippen molar-refractivity contribution < 1.29 is 23.4 Å². The number of fused-ring (bicyclic) bond motifs is 3. The summed E-state index contributed by atoms with van der Waals surface area (Å²) in [7, 11) is -0.632. The molecule has 0 unspecified atom stereocenters. The van der Waals surface area contributed by atoms with E-state index in [9.17, 15) is 4.79 Å². The van der Waals surface area contributed by atoms with Crippen molar-refractivity contribution in [2.24, 2.45) is 0 Å². The van der Waals surface area contributed by atoms with E-state index in [1.807, 2.05) is 71.9 Å². The maximum absolute atomic E-state index is 12.9. The summed E-state index contributed by atoms with van der Waals surface area (Å²) >= 11 is 0. The molecule has 8 heteroatoms. The number of nitrogens with one attached hydrogen (secondary N) is 1. The van der Waals surface area contributed by atoms with Gasteiger partial charge in [0.2, 0.25) is 0 Å². The molecule has 1 amide bonds. The number of hydrogen-bond acceptors (Lipinski definition) is 6. The summed E-state index contributed by atoms with van der Waals surface area (Å²) in [4.78, 5) is 12.9. The van der Waals surface area contributed by atoms with Crippen molar-refractivity contribution in [2.45, 2.75) is 58.7 Å². The van der Waals surface area contributed by atoms with Gasteiger partial charge in [-0.1, -0.05) is 59.8 Å². The van der Waals surface area contributed by atoms with Gasteiger partial charge < -0.3 is 23.9 Å². The Morgan fingerprint density at radius 2 is 1.57 bits per heavy atom. The van der Waals surface area contributed by atoms with Crippen LogP contribution in [0.3, 0.4) is 0 Å². The van der Waals surface area contributed by atoms with Gasteiger partial charge in [0, 0.05) is 18.0 Å². The SMILES string of the molecule is Cc1noc(C)c1C=C(CNC(=O)OCC1c2ccccc2-c2ccccc21)B1OC(C)(C)C(C)(C)O1. The molecule has 1 aliphatic heterocycles. The number of carbonyl (C=O) groups is 1. The molecule has 1 saturated heterocycles. The van der Waals surface area contributed by atoms with Crippen LogP contribution in [0.25, 0.3) is 17.2 Å². The Morgan fingerprint density at radius 3 is 2.11 bits per heavy atom. The maximum atomic E-state index is 12.9. The van der Waals surface area contributed by atoms with Crippen LogP contribution in [0.4, 0.5) is 4.79 Å². The average molecular weight is 500 g/mol. The fourth-order valence-electron chi connectivity index (χ4n) is 4.90. The van der Waals surface area contributed by atoms with Crippen LogP contribution >= 0.6 is 0 Å². The van der Waals surface area contributed by atoms with Gasteiger partial charge in [-0.2, -0.15) is 0 Å². The van der Waals surface area contributed by atoms with Crippen molar-refractivity contribution in [3.8, 4) is 11.1 Å². The summed E-state index contributed by atoms with van der Waals surface area (Å²) in [6.45, 7) is 12.2. The number of aromatic nitrogens is 1. The molecule has 2 aromatic carbocycles. The maximum Gasteiger partial charge on any atom is 0.492 e. The van der Waals surface area contributed by atoms with E-state index >= 15 is 0 Å². The third-order valence-corrected chi connectivity index (χ3v) is 7.75. The van der Waals surface area contributed by atoms with Gasteiger partial charge in [0.1, 0.15) is 12.4 Å². The van der Waals surface area contributed by atoms with Gasteiger partial charge in [0.05, 0.1) is 16.9 Å². The lowest BCUT2D eigenvalue weighted by atomic mass is 9.77. The zero-order chi connectivity index (χ0) is 26.4. The quantitative estimate of drug-likeness (QED) is 0.428. The van der Waals surface area contributed by atoms with Crippen LogP contribution < -0.4 is 5.32 Å². The Morgan fingerprint density at radius 1 is 1.00 bits per heavy atom. The van der Waals surface area contributed by atoms with Gasteiger partial charge in [-0.15, -0.1) is 0 Å². The molecule has 1 aliphatic carbocycles. The highest BCUT2D eigenvalue weighted by Gasteiger charge is 2.52. The van der Waals surface area contributed by atoms with Crippen LogP contribution in [0.2, 0.25) is 0 Å². The van der Waals surface area contributed by atoms with E-state index < -0.39 is 24.4 Å². The molecule has 7 nitrogen and oxygen atoms in total. The lowest BCUT2D eigenvalue weighted by molar-refractivity contribution is 0.00578. The van der Waals surface area contributed by atoms with Crippen LogP contribution in [0.15, 0.2) is 58.5 Å². The molecule has 1 aromatic heterocycles. The smallest absolute Gasteiger partial charge is 0.449 e. The molecule has 0 bridgehead atoms. The van der Waals surface area contributed by atoms with Crippen LogP contribution in [0, 0.1) is 13.8 Å². The standard InChI is InChI=1S/C29H33BN2O5/c1-18-25(19(2)35-32-18)15-20(30-36-28(3,4)29(5,6)37-30)16-31-27(33)34-17-26-23-13-9-7-11-21(23)22-12-8-10-14-24(22)26/h7-15,26H,16-17H2,1-6H3,(H,31,33). The molecule has 37 heavy (non-hydrogen) atoms. The summed E-state index contributed by atoms with van der Waals surface area (Å²) in [6, 6.07) is 16.5. The second-order valence-electron chi connectivity index (χ2n) is 10.7. The Bertz CT molecular complexity index is 1280. The number of aryl methyl sites for hydroxylation is 2. The molecule has 2 aliphatic rings. The predicted octanol–water partition coefficient (Wildman–Crippen LogP) is 5.84. The Balaban J connectivity index is 1.30. The largest absolute Gasteiger partial charge is 0.492 e. The van der Waals surface area contributed by atoms with Gasteiger partial charge in [-0.05, 0) is 69.3 Å². The number of benzene rings is 2. The number of carbonyl (C=O) groups excluding carboxylic acids is 1. The topological polar surface area (TPSA) is 82.8 Å². The van der Waals surface area contributed by atoms with E-state index in [-0.39, 0.29) is 19.1 Å². The molecule has 3 aromatic rings. The van der Waals surface area contributed by atoms with E-state index in [1.54, 1.807) is 0 Å². The van der Waals surface area contributed by atoms with Crippen LogP contribution in [-0.4, -0.2) is 42.7 Å². The first-order chi connectivity index (χ1) is 17.6. The molecule has 1 N–H and O–H groups in total. The fraction of sp³-hybridized carbons (Fsp3) is 0.379. The summed E-state index contributed by atoms with van der Waals surface area (Å²) < 4.78 is 23.6. The molecular weight excluding hydrogens is 467 g/mol. The molecule has 1 fully saturated rings. The number of ether oxygens (including phenoxy) is 1. The lowest BCUT2D eigenvalue weighted by Crippen LogP contribution is -2.41. The van der Waals surface area contributed by atoms with Crippen molar-refractivity contribution >= 4 is 19.3 Å². The van der Waals surface area contributed by atoms with E-state index in [1.165, 1.54) is 22.3 Å². The van der Waals surface area contributed by atoms with Crippen LogP contribution in [0.1, 0.15) is 61.8 Å². The van der Waals surface area contributed by atoms with E-state index in [4.69, 9.17) is 18.6 Å². The molecule has 0 saturated carbocycles. The Hall–Kier alpha value is -3.36. The lowest BCUT2D eigenvalue weighted by Gasteiger charge is -2.32. The first kappa shape index (κ1) is 25.3. The summed E-state index contributed by atoms with van der Waals surface area (Å²) in [6.07, 6.45) is 1.43. The molecular formula is C29H33BN2O5. The van der Waals surface area contributed by atoms with Crippen molar-refractivity contribution in [1.82, 2.24) is 10.5 Å². The minimum absolute atomic E-state index is 0.00133. The highest BCUT2D eigenvalue weighted by atomic mass is 16.7. The average Bonchev–Trinajstić information content (AvgIpc) is 3.43. The highest BCUT2D eigenvalue weighted by molar-refractivity contribution is 6.56. The number of nitrogens with zero attached hydrogens (tertiary/aromatic N) is 1. The molecule has 0 atom stereocenters.